The van der Waals surface area contributed by atoms with Crippen LogP contribution in [0.4, 0.5) is 0 Å². The van der Waals surface area contributed by atoms with Crippen LogP contribution >= 0.6 is 0 Å². The number of fused-ring (bicyclic) bond motifs is 2. The van der Waals surface area contributed by atoms with E-state index in [0.717, 1.165) is 10.9 Å². The van der Waals surface area contributed by atoms with Gasteiger partial charge in [0.1, 0.15) is 30.2 Å². The van der Waals surface area contributed by atoms with Gasteiger partial charge in [0.05, 0.1) is 18.7 Å². The molecular formula is C49H68N12O10. The van der Waals surface area contributed by atoms with Crippen LogP contribution in [0.15, 0.2) is 60.8 Å². The number of benzene rings is 2. The van der Waals surface area contributed by atoms with Crippen LogP contribution in [-0.4, -0.2) is 148 Å². The number of amides is 7. The summed E-state index contributed by atoms with van der Waals surface area (Å²) in [7, 11) is 0. The van der Waals surface area contributed by atoms with Crippen LogP contribution in [0.5, 0.6) is 0 Å². The molecule has 0 spiro atoms. The summed E-state index contributed by atoms with van der Waals surface area (Å²) in [6.45, 7) is 0.785. The number of carbonyl (C=O) groups excluding carboxylic acids is 7. The van der Waals surface area contributed by atoms with Gasteiger partial charge < -0.3 is 63.0 Å². The first kappa shape index (κ1) is 53.3. The Labute approximate surface area is 411 Å². The van der Waals surface area contributed by atoms with Crippen molar-refractivity contribution in [1.29, 1.82) is 5.41 Å². The minimum atomic E-state index is -1.32. The standard InChI is InChI=1S/C49H68N12O10/c1-28(62)56-32-24-41-47(70)60-39(22-30-15-17-33(63)18-16-30)45(68)59-40(23-31-25-54-35-12-6-5-11-34(31)35)46(69)57-36(13-7-20-53-49(50)51)43(66)52-19-8-14-37(48(71)61(41)27-32)58-44(67)38(55-26-42(64)65)21-29-9-3-2-4-10-29/h2-6,9-12,25,30,32-33,36-41,54-55,63H,7-8,13-24,26-27H2,1H3,(H,52,66)(H,56,62)(H,57,69)(H,58,67)(H,59,68)(H,60,70)(H,64,65)(H4,50,51,53)/t30-,32-,33+,36+,37+,38+,39-,40+,41+/m1/s1. The Balaban J connectivity index is 1.36. The van der Waals surface area contributed by atoms with Crippen LogP contribution < -0.4 is 48.3 Å². The maximum atomic E-state index is 14.9. The number of aliphatic carboxylic acids is 1. The van der Waals surface area contributed by atoms with Crippen molar-refractivity contribution in [2.75, 3.05) is 26.2 Å². The van der Waals surface area contributed by atoms with Gasteiger partial charge in [-0.3, -0.25) is 49.1 Å². The number of aromatic amines is 1. The molecule has 1 saturated carbocycles. The zero-order valence-corrected chi connectivity index (χ0v) is 40.0. The zero-order valence-electron chi connectivity index (χ0n) is 40.0. The number of para-hydroxylation sites is 1. The summed E-state index contributed by atoms with van der Waals surface area (Å²) in [5.41, 5.74) is 7.71. The van der Waals surface area contributed by atoms with Gasteiger partial charge >= 0.3 is 5.97 Å². The number of nitrogens with zero attached hydrogens (tertiary/aromatic N) is 1. The van der Waals surface area contributed by atoms with Crippen molar-refractivity contribution in [3.8, 4) is 0 Å². The largest absolute Gasteiger partial charge is 0.480 e. The number of aromatic nitrogens is 1. The molecule has 0 unspecified atom stereocenters. The molecule has 71 heavy (non-hydrogen) atoms. The highest BCUT2D eigenvalue weighted by molar-refractivity contribution is 5.98. The average molecular weight is 985 g/mol. The Morgan fingerprint density at radius 2 is 1.55 bits per heavy atom. The molecule has 7 atom stereocenters. The second-order valence-electron chi connectivity index (χ2n) is 18.8. The highest BCUT2D eigenvalue weighted by Gasteiger charge is 2.44. The molecule has 6 rings (SSSR count). The Kier molecular flexibility index (Phi) is 19.3. The van der Waals surface area contributed by atoms with E-state index in [2.05, 4.69) is 47.5 Å². The van der Waals surface area contributed by atoms with Crippen molar-refractivity contribution in [2.45, 2.75) is 132 Å². The lowest BCUT2D eigenvalue weighted by Crippen LogP contribution is -2.60. The van der Waals surface area contributed by atoms with Crippen LogP contribution in [0.25, 0.3) is 10.9 Å². The number of rotatable bonds is 16. The summed E-state index contributed by atoms with van der Waals surface area (Å²) in [4.78, 5) is 116. The lowest BCUT2D eigenvalue weighted by Gasteiger charge is -2.33. The van der Waals surface area contributed by atoms with Crippen molar-refractivity contribution < 1.29 is 48.6 Å². The summed E-state index contributed by atoms with van der Waals surface area (Å²) in [5.74, 6) is -6.05. The molecule has 0 radical (unpaired) electrons. The van der Waals surface area contributed by atoms with Gasteiger partial charge in [0, 0.05) is 56.1 Å². The number of H-pyrrole nitrogens is 1. The van der Waals surface area contributed by atoms with E-state index in [1.165, 1.54) is 11.8 Å². The lowest BCUT2D eigenvalue weighted by atomic mass is 9.83. The van der Waals surface area contributed by atoms with Gasteiger partial charge in [-0.25, -0.2) is 0 Å². The molecule has 3 heterocycles. The second kappa shape index (κ2) is 25.7. The van der Waals surface area contributed by atoms with E-state index in [-0.39, 0.29) is 76.5 Å². The number of aliphatic hydroxyl groups excluding tert-OH is 1. The van der Waals surface area contributed by atoms with Crippen LogP contribution in [0.2, 0.25) is 0 Å². The van der Waals surface area contributed by atoms with Gasteiger partial charge in [0.15, 0.2) is 5.96 Å². The lowest BCUT2D eigenvalue weighted by molar-refractivity contribution is -0.143. The van der Waals surface area contributed by atoms with Crippen molar-refractivity contribution in [3.63, 3.8) is 0 Å². The molecule has 1 aliphatic carbocycles. The number of aliphatic hydroxyl groups is 1. The van der Waals surface area contributed by atoms with Gasteiger partial charge in [0.2, 0.25) is 41.4 Å². The van der Waals surface area contributed by atoms with Crippen LogP contribution in [-0.2, 0) is 51.2 Å². The minimum absolute atomic E-state index is 0.00739. The van der Waals surface area contributed by atoms with E-state index in [1.807, 2.05) is 24.3 Å². The van der Waals surface area contributed by atoms with Crippen LogP contribution in [0.1, 0.15) is 82.3 Å². The summed E-state index contributed by atoms with van der Waals surface area (Å²) in [6.07, 6.45) is 3.89. The topological polar surface area (TPSA) is 342 Å². The van der Waals surface area contributed by atoms with Gasteiger partial charge in [-0.15, -0.1) is 0 Å². The fourth-order valence-electron chi connectivity index (χ4n) is 9.69. The number of nitrogens with two attached hydrogens (primary N) is 1. The monoisotopic (exact) mass is 985 g/mol. The molecule has 2 aromatic carbocycles. The maximum Gasteiger partial charge on any atom is 0.317 e. The van der Waals surface area contributed by atoms with Crippen LogP contribution in [0.3, 0.4) is 0 Å². The van der Waals surface area contributed by atoms with Crippen molar-refractivity contribution in [3.05, 3.63) is 71.9 Å². The number of nitrogens with one attached hydrogen (secondary N) is 10. The number of carboxylic acids is 1. The number of hydrogen-bond donors (Lipinski definition) is 13. The van der Waals surface area contributed by atoms with E-state index < -0.39 is 102 Å². The Hall–Kier alpha value is -7.07. The third kappa shape index (κ3) is 15.7. The second-order valence-corrected chi connectivity index (χ2v) is 18.8. The summed E-state index contributed by atoms with van der Waals surface area (Å²) in [5, 5.41) is 50.7. The fraction of sp³-hybridized carbons (Fsp3) is 0.531. The van der Waals surface area contributed by atoms with E-state index >= 15 is 0 Å². The van der Waals surface area contributed by atoms with Crippen molar-refractivity contribution in [2.24, 2.45) is 11.7 Å². The van der Waals surface area contributed by atoms with E-state index in [0.29, 0.717) is 43.2 Å². The molecular weight excluding hydrogens is 917 g/mol. The Morgan fingerprint density at radius 3 is 2.27 bits per heavy atom. The third-order valence-corrected chi connectivity index (χ3v) is 13.3. The van der Waals surface area contributed by atoms with E-state index in [1.54, 1.807) is 36.5 Å². The van der Waals surface area contributed by atoms with Gasteiger partial charge in [0.25, 0.3) is 0 Å². The molecule has 384 valence electrons. The third-order valence-electron chi connectivity index (χ3n) is 13.3. The summed E-state index contributed by atoms with van der Waals surface area (Å²) < 4.78 is 0. The number of carboxylic acid groups (broad SMARTS) is 1. The first-order valence-corrected chi connectivity index (χ1v) is 24.4. The fourth-order valence-corrected chi connectivity index (χ4v) is 9.69. The molecule has 1 aromatic heterocycles. The molecule has 0 bridgehead atoms. The maximum absolute atomic E-state index is 14.9. The minimum Gasteiger partial charge on any atom is -0.480 e. The van der Waals surface area contributed by atoms with Gasteiger partial charge in [-0.2, -0.15) is 0 Å². The highest BCUT2D eigenvalue weighted by atomic mass is 16.4. The quantitative estimate of drug-likeness (QED) is 0.0474. The van der Waals surface area contributed by atoms with E-state index in [9.17, 15) is 48.6 Å². The number of carbonyl (C=O) groups is 8. The molecule has 3 fully saturated rings. The van der Waals surface area contributed by atoms with E-state index in [4.69, 9.17) is 11.1 Å². The molecule has 2 saturated heterocycles. The average Bonchev–Trinajstić information content (AvgIpc) is 3.95. The van der Waals surface area contributed by atoms with Crippen molar-refractivity contribution >= 4 is 64.2 Å². The predicted molar refractivity (Wildman–Crippen MR) is 261 cm³/mol. The molecule has 3 aliphatic rings. The van der Waals surface area contributed by atoms with Gasteiger partial charge in [-0.1, -0.05) is 48.5 Å². The molecule has 7 amide bonds. The van der Waals surface area contributed by atoms with Crippen LogP contribution in [0, 0.1) is 11.3 Å². The Bertz CT molecular complexity index is 2370. The number of hydrogen-bond acceptors (Lipinski definition) is 11. The SMILES string of the molecule is CC(=O)N[C@@H]1C[C@H]2C(=O)N[C@H](C[C@H]3CC[C@@H](O)CC3)C(=O)N[C@@H](Cc3c[nH]c4ccccc34)C(=O)N[C@@H](CCCNC(=N)N)C(=O)NCCC[C@H](NC(=O)[C@H](Cc3ccccc3)NCC(=O)O)C(=O)N2C1. The normalized spacial score (nSPS) is 25.3. The Morgan fingerprint density at radius 1 is 0.859 bits per heavy atom. The molecule has 3 aromatic rings. The molecule has 2 aliphatic heterocycles. The number of guanidine groups is 1. The first-order valence-electron chi connectivity index (χ1n) is 24.4. The molecule has 22 nitrogen and oxygen atoms in total. The molecule has 22 heteroatoms. The summed E-state index contributed by atoms with van der Waals surface area (Å²) in [6, 6.07) is 8.30. The smallest absolute Gasteiger partial charge is 0.317 e. The molecule has 14 N–H and O–H groups in total. The first-order chi connectivity index (χ1) is 34.0. The highest BCUT2D eigenvalue weighted by Crippen LogP contribution is 2.29. The summed E-state index contributed by atoms with van der Waals surface area (Å²) >= 11 is 0. The van der Waals surface area contributed by atoms with Gasteiger partial charge in [-0.05, 0) is 93.7 Å². The zero-order chi connectivity index (χ0) is 51.0. The predicted octanol–water partition coefficient (Wildman–Crippen LogP) is -0.845. The van der Waals surface area contributed by atoms with Crippen molar-refractivity contribution in [1.82, 2.24) is 52.4 Å².